The van der Waals surface area contributed by atoms with Gasteiger partial charge in [0.2, 0.25) is 9.84 Å². The number of benzene rings is 2. The number of hydrogen-bond acceptors (Lipinski definition) is 6. The summed E-state index contributed by atoms with van der Waals surface area (Å²) in [5.41, 5.74) is 6.22. The van der Waals surface area contributed by atoms with Crippen LogP contribution in [-0.2, 0) is 9.84 Å². The van der Waals surface area contributed by atoms with Crippen LogP contribution in [0, 0.1) is 0 Å². The maximum atomic E-state index is 14.9. The molecule has 6 aromatic rings. The van der Waals surface area contributed by atoms with E-state index in [9.17, 15) is 8.42 Å². The molecule has 0 saturated heterocycles. The van der Waals surface area contributed by atoms with Crippen LogP contribution in [0.4, 0.5) is 0 Å². The smallest absolute Gasteiger partial charge is 0.210 e. The van der Waals surface area contributed by atoms with Crippen LogP contribution >= 0.6 is 0 Å². The van der Waals surface area contributed by atoms with E-state index in [4.69, 9.17) is 4.98 Å². The highest BCUT2D eigenvalue weighted by molar-refractivity contribution is 8.10. The second-order valence-electron chi connectivity index (χ2n) is 9.91. The fraction of sp³-hybridized carbons (Fsp3) is 0. The lowest BCUT2D eigenvalue weighted by atomic mass is 9.90. The number of pyridine rings is 4. The summed E-state index contributed by atoms with van der Waals surface area (Å²) in [5, 5.41) is 0. The Hall–Kier alpha value is -5.53. The van der Waals surface area contributed by atoms with Gasteiger partial charge < -0.3 is 0 Å². The first-order chi connectivity index (χ1) is 21.1. The normalized spacial score (nSPS) is 14.2. The van der Waals surface area contributed by atoms with Gasteiger partial charge in [0.1, 0.15) is 4.91 Å². The summed E-state index contributed by atoms with van der Waals surface area (Å²) in [6.45, 7) is 0. The second-order valence-corrected chi connectivity index (χ2v) is 11.7. The van der Waals surface area contributed by atoms with Gasteiger partial charge in [0, 0.05) is 35.3 Å². The molecule has 5 heterocycles. The zero-order valence-corrected chi connectivity index (χ0v) is 23.7. The van der Waals surface area contributed by atoms with E-state index in [1.165, 1.54) is 0 Å². The van der Waals surface area contributed by atoms with Gasteiger partial charge in [-0.25, -0.2) is 13.4 Å². The standard InChI is InChI=1S/C36H24N4O2S/c41-43(42)35(27-20-21-30(39-24-27)28-16-7-9-22-37-28)33(25-12-3-1-4-13-25)34(26-14-5-2-6-15-26)36(43)32-19-11-18-31(40-32)29-17-8-10-23-38-29/h1-24H. The fourth-order valence-electron chi connectivity index (χ4n) is 5.34. The molecule has 0 atom stereocenters. The molecule has 0 N–H and O–H groups in total. The average molecular weight is 577 g/mol. The van der Waals surface area contributed by atoms with Crippen molar-refractivity contribution in [2.24, 2.45) is 0 Å². The van der Waals surface area contributed by atoms with Crippen molar-refractivity contribution >= 4 is 30.8 Å². The zero-order chi connectivity index (χ0) is 29.2. The van der Waals surface area contributed by atoms with E-state index in [2.05, 4.69) is 15.0 Å². The molecule has 0 unspecified atom stereocenters. The summed E-state index contributed by atoms with van der Waals surface area (Å²) in [6.07, 6.45) is 5.01. The van der Waals surface area contributed by atoms with E-state index in [1.807, 2.05) is 115 Å². The molecule has 0 aliphatic carbocycles. The predicted octanol–water partition coefficient (Wildman–Crippen LogP) is 7.47. The van der Waals surface area contributed by atoms with Crippen molar-refractivity contribution in [3.63, 3.8) is 0 Å². The third kappa shape index (κ3) is 4.86. The monoisotopic (exact) mass is 576 g/mol. The molecule has 6 nitrogen and oxygen atoms in total. The maximum absolute atomic E-state index is 14.9. The van der Waals surface area contributed by atoms with E-state index in [-0.39, 0.29) is 9.81 Å². The Labute approximate surface area is 249 Å². The van der Waals surface area contributed by atoms with E-state index >= 15 is 0 Å². The minimum absolute atomic E-state index is 0.152. The summed E-state index contributed by atoms with van der Waals surface area (Å²) in [4.78, 5) is 18.7. The molecule has 0 saturated carbocycles. The summed E-state index contributed by atoms with van der Waals surface area (Å²) in [7, 11) is -4.08. The minimum atomic E-state index is -4.08. The van der Waals surface area contributed by atoms with E-state index in [1.54, 1.807) is 30.7 Å². The van der Waals surface area contributed by atoms with Gasteiger partial charge in [-0.1, -0.05) is 78.9 Å². The largest absolute Gasteiger partial charge is 0.255 e. The lowest BCUT2D eigenvalue weighted by Crippen LogP contribution is -2.05. The number of sulfone groups is 1. The van der Waals surface area contributed by atoms with Crippen molar-refractivity contribution in [1.82, 2.24) is 19.9 Å². The van der Waals surface area contributed by atoms with Crippen LogP contribution in [0.15, 0.2) is 146 Å². The SMILES string of the molecule is O=S1(=O)C(c2ccc(-c3ccccn3)nc2)=C(c2ccccc2)C(c2ccccc2)=C1c1cccc(-c2ccccn2)n1. The molecule has 0 bridgehead atoms. The Bertz CT molecular complexity index is 2100. The molecule has 206 valence electrons. The molecule has 0 radical (unpaired) electrons. The molecule has 4 aromatic heterocycles. The van der Waals surface area contributed by atoms with E-state index in [0.717, 1.165) is 11.1 Å². The number of allylic oxidation sites excluding steroid dienone is 2. The number of rotatable bonds is 6. The average Bonchev–Trinajstić information content (AvgIpc) is 3.33. The molecule has 7 rings (SSSR count). The predicted molar refractivity (Wildman–Crippen MR) is 170 cm³/mol. The van der Waals surface area contributed by atoms with Crippen LogP contribution in [0.5, 0.6) is 0 Å². The summed E-state index contributed by atoms with van der Waals surface area (Å²) in [6, 6.07) is 39.4. The van der Waals surface area contributed by atoms with Crippen molar-refractivity contribution < 1.29 is 8.42 Å². The molecule has 0 fully saturated rings. The first-order valence-electron chi connectivity index (χ1n) is 13.7. The highest BCUT2D eigenvalue weighted by Crippen LogP contribution is 2.53. The quantitative estimate of drug-likeness (QED) is 0.205. The van der Waals surface area contributed by atoms with Crippen LogP contribution < -0.4 is 0 Å². The van der Waals surface area contributed by atoms with Gasteiger partial charge in [-0.15, -0.1) is 0 Å². The first-order valence-corrected chi connectivity index (χ1v) is 15.2. The van der Waals surface area contributed by atoms with Gasteiger partial charge in [-0.05, 0) is 59.7 Å². The van der Waals surface area contributed by atoms with Gasteiger partial charge in [0.05, 0.1) is 33.4 Å². The molecular formula is C36H24N4O2S. The van der Waals surface area contributed by atoms with Crippen LogP contribution in [0.3, 0.4) is 0 Å². The first kappa shape index (κ1) is 26.4. The van der Waals surface area contributed by atoms with E-state index < -0.39 is 9.84 Å². The third-order valence-electron chi connectivity index (χ3n) is 7.23. The number of aromatic nitrogens is 4. The highest BCUT2D eigenvalue weighted by Gasteiger charge is 2.41. The number of nitrogens with zero attached hydrogens (tertiary/aromatic N) is 4. The Kier molecular flexibility index (Phi) is 6.77. The van der Waals surface area contributed by atoms with Crippen LogP contribution in [0.25, 0.3) is 43.7 Å². The molecule has 0 spiro atoms. The fourth-order valence-corrected chi connectivity index (χ4v) is 7.34. The maximum Gasteiger partial charge on any atom is 0.210 e. The van der Waals surface area contributed by atoms with Gasteiger partial charge in [-0.3, -0.25) is 15.0 Å². The topological polar surface area (TPSA) is 85.7 Å². The van der Waals surface area contributed by atoms with Crippen LogP contribution in [0.2, 0.25) is 0 Å². The summed E-state index contributed by atoms with van der Waals surface area (Å²) < 4.78 is 29.7. The third-order valence-corrected chi connectivity index (χ3v) is 9.16. The summed E-state index contributed by atoms with van der Waals surface area (Å²) in [5.74, 6) is 0. The highest BCUT2D eigenvalue weighted by atomic mass is 32.2. The number of hydrogen-bond donors (Lipinski definition) is 0. The van der Waals surface area contributed by atoms with Gasteiger partial charge in [-0.2, -0.15) is 0 Å². The van der Waals surface area contributed by atoms with Crippen LogP contribution in [0.1, 0.15) is 22.4 Å². The van der Waals surface area contributed by atoms with Crippen molar-refractivity contribution in [2.75, 3.05) is 0 Å². The molecular weight excluding hydrogens is 552 g/mol. The van der Waals surface area contributed by atoms with Crippen LogP contribution in [-0.4, -0.2) is 28.4 Å². The Morgan fingerprint density at radius 2 is 0.907 bits per heavy atom. The Morgan fingerprint density at radius 3 is 1.47 bits per heavy atom. The minimum Gasteiger partial charge on any atom is -0.255 e. The van der Waals surface area contributed by atoms with Gasteiger partial charge in [0.15, 0.2) is 0 Å². The van der Waals surface area contributed by atoms with E-state index in [0.29, 0.717) is 45.2 Å². The lowest BCUT2D eigenvalue weighted by molar-refractivity contribution is 0.615. The Morgan fingerprint density at radius 1 is 0.395 bits per heavy atom. The molecule has 2 aromatic carbocycles. The van der Waals surface area contributed by atoms with Crippen molar-refractivity contribution in [2.45, 2.75) is 0 Å². The molecule has 0 amide bonds. The molecule has 1 aliphatic rings. The second kappa shape index (κ2) is 11.0. The van der Waals surface area contributed by atoms with Crippen molar-refractivity contribution in [3.8, 4) is 22.8 Å². The zero-order valence-electron chi connectivity index (χ0n) is 22.9. The van der Waals surface area contributed by atoms with Gasteiger partial charge in [0.25, 0.3) is 0 Å². The molecule has 43 heavy (non-hydrogen) atoms. The summed E-state index contributed by atoms with van der Waals surface area (Å²) >= 11 is 0. The van der Waals surface area contributed by atoms with Gasteiger partial charge >= 0.3 is 0 Å². The lowest BCUT2D eigenvalue weighted by Gasteiger charge is -2.12. The molecule has 7 heteroatoms. The molecule has 1 aliphatic heterocycles. The van der Waals surface area contributed by atoms with Crippen molar-refractivity contribution in [1.29, 1.82) is 0 Å². The Balaban J connectivity index is 1.50. The van der Waals surface area contributed by atoms with Crippen molar-refractivity contribution in [3.05, 3.63) is 168 Å².